The molecule has 98 valence electrons. The molecule has 0 amide bonds. The largest absolute Gasteiger partial charge is 0.495 e. The van der Waals surface area contributed by atoms with E-state index in [1.807, 2.05) is 25.1 Å². The van der Waals surface area contributed by atoms with E-state index in [4.69, 9.17) is 21.6 Å². The molecule has 0 spiro atoms. The summed E-state index contributed by atoms with van der Waals surface area (Å²) in [6.07, 6.45) is 0. The van der Waals surface area contributed by atoms with E-state index in [2.05, 4.69) is 11.4 Å². The monoisotopic (exact) mass is 292 g/mol. The molecule has 2 rings (SSSR count). The SMILES string of the molecule is COc1cc(Cl)c(C)cc1NCc1ccc(C#N)s1. The maximum absolute atomic E-state index is 8.79. The van der Waals surface area contributed by atoms with Crippen molar-refractivity contribution in [2.75, 3.05) is 12.4 Å². The average Bonchev–Trinajstić information content (AvgIpc) is 2.87. The first-order valence-electron chi connectivity index (χ1n) is 5.71. The molecule has 0 fully saturated rings. The van der Waals surface area contributed by atoms with Gasteiger partial charge in [0, 0.05) is 22.5 Å². The molecule has 3 nitrogen and oxygen atoms in total. The van der Waals surface area contributed by atoms with E-state index < -0.39 is 0 Å². The van der Waals surface area contributed by atoms with E-state index in [1.165, 1.54) is 11.3 Å². The summed E-state index contributed by atoms with van der Waals surface area (Å²) in [5.41, 5.74) is 1.89. The topological polar surface area (TPSA) is 45.0 Å². The predicted octanol–water partition coefficient (Wildman–Crippen LogP) is 4.20. The van der Waals surface area contributed by atoms with Gasteiger partial charge < -0.3 is 10.1 Å². The van der Waals surface area contributed by atoms with E-state index in [0.29, 0.717) is 17.3 Å². The molecule has 2 aromatic rings. The van der Waals surface area contributed by atoms with Crippen molar-refractivity contribution in [1.82, 2.24) is 0 Å². The zero-order chi connectivity index (χ0) is 13.8. The van der Waals surface area contributed by atoms with Crippen molar-refractivity contribution in [3.8, 4) is 11.8 Å². The summed E-state index contributed by atoms with van der Waals surface area (Å²) in [4.78, 5) is 1.82. The molecule has 0 aliphatic rings. The highest BCUT2D eigenvalue weighted by molar-refractivity contribution is 7.12. The molecule has 1 N–H and O–H groups in total. The summed E-state index contributed by atoms with van der Waals surface area (Å²) in [7, 11) is 1.62. The van der Waals surface area contributed by atoms with Gasteiger partial charge in [-0.1, -0.05) is 11.6 Å². The van der Waals surface area contributed by atoms with Crippen LogP contribution in [0.5, 0.6) is 5.75 Å². The van der Waals surface area contributed by atoms with Crippen LogP contribution in [-0.2, 0) is 6.54 Å². The summed E-state index contributed by atoms with van der Waals surface area (Å²) in [6, 6.07) is 9.67. The fraction of sp³-hybridized carbons (Fsp3) is 0.214. The molecule has 1 aromatic carbocycles. The van der Waals surface area contributed by atoms with Gasteiger partial charge in [0.15, 0.2) is 0 Å². The van der Waals surface area contributed by atoms with Gasteiger partial charge in [-0.3, -0.25) is 0 Å². The molecule has 0 bridgehead atoms. The minimum absolute atomic E-state index is 0.657. The lowest BCUT2D eigenvalue weighted by atomic mass is 10.2. The van der Waals surface area contributed by atoms with Gasteiger partial charge in [0.25, 0.3) is 0 Å². The lowest BCUT2D eigenvalue weighted by Crippen LogP contribution is -2.00. The summed E-state index contributed by atoms with van der Waals surface area (Å²) in [6.45, 7) is 2.61. The van der Waals surface area contributed by atoms with Crippen molar-refractivity contribution in [2.24, 2.45) is 0 Å². The standard InChI is InChI=1S/C14H13ClN2OS/c1-9-5-13(14(18-2)6-12(9)15)17-8-11-4-3-10(7-16)19-11/h3-6,17H,8H2,1-2H3. The number of hydrogen-bond donors (Lipinski definition) is 1. The molecule has 5 heteroatoms. The Bertz CT molecular complexity index is 631. The molecule has 1 aromatic heterocycles. The number of thiophene rings is 1. The van der Waals surface area contributed by atoms with E-state index >= 15 is 0 Å². The first-order chi connectivity index (χ1) is 9.13. The van der Waals surface area contributed by atoms with Gasteiger partial charge in [-0.05, 0) is 30.7 Å². The minimum atomic E-state index is 0.657. The van der Waals surface area contributed by atoms with E-state index in [-0.39, 0.29) is 0 Å². The van der Waals surface area contributed by atoms with Crippen LogP contribution in [0.25, 0.3) is 0 Å². The number of nitrogens with one attached hydrogen (secondary N) is 1. The lowest BCUT2D eigenvalue weighted by molar-refractivity contribution is 0.416. The third kappa shape index (κ3) is 3.19. The van der Waals surface area contributed by atoms with Crippen molar-refractivity contribution in [3.05, 3.63) is 44.6 Å². The smallest absolute Gasteiger partial charge is 0.143 e. The molecule has 0 saturated heterocycles. The Morgan fingerprint density at radius 3 is 2.84 bits per heavy atom. The second-order valence-corrected chi connectivity index (χ2v) is 5.61. The first kappa shape index (κ1) is 13.7. The molecule has 0 radical (unpaired) electrons. The Balaban J connectivity index is 2.15. The summed E-state index contributed by atoms with van der Waals surface area (Å²) < 4.78 is 5.30. The van der Waals surface area contributed by atoms with Crippen LogP contribution >= 0.6 is 22.9 Å². The van der Waals surface area contributed by atoms with Crippen molar-refractivity contribution < 1.29 is 4.74 Å². The lowest BCUT2D eigenvalue weighted by Gasteiger charge is -2.12. The Labute approximate surface area is 121 Å². The van der Waals surface area contributed by atoms with Crippen LogP contribution in [0.3, 0.4) is 0 Å². The maximum Gasteiger partial charge on any atom is 0.143 e. The molecule has 0 atom stereocenters. The number of nitriles is 1. The number of nitrogens with zero attached hydrogens (tertiary/aromatic N) is 1. The zero-order valence-corrected chi connectivity index (χ0v) is 12.2. The van der Waals surface area contributed by atoms with Crippen LogP contribution in [0.15, 0.2) is 24.3 Å². The Kier molecular flexibility index (Phi) is 4.31. The molecule has 0 aliphatic heterocycles. The number of anilines is 1. The fourth-order valence-corrected chi connectivity index (χ4v) is 2.58. The Morgan fingerprint density at radius 1 is 1.42 bits per heavy atom. The maximum atomic E-state index is 8.79. The van der Waals surface area contributed by atoms with Crippen LogP contribution in [0.2, 0.25) is 5.02 Å². The zero-order valence-electron chi connectivity index (χ0n) is 10.7. The van der Waals surface area contributed by atoms with Crippen LogP contribution < -0.4 is 10.1 Å². The molecule has 0 saturated carbocycles. The third-order valence-corrected chi connectivity index (χ3v) is 4.10. The minimum Gasteiger partial charge on any atom is -0.495 e. The van der Waals surface area contributed by atoms with Gasteiger partial charge in [-0.15, -0.1) is 11.3 Å². The summed E-state index contributed by atoms with van der Waals surface area (Å²) in [5, 5.41) is 12.8. The molecular formula is C14H13ClN2OS. The summed E-state index contributed by atoms with van der Waals surface area (Å²) >= 11 is 7.54. The number of hydrogen-bond acceptors (Lipinski definition) is 4. The highest BCUT2D eigenvalue weighted by Crippen LogP contribution is 2.31. The Hall–Kier alpha value is -1.70. The van der Waals surface area contributed by atoms with Gasteiger partial charge in [-0.2, -0.15) is 5.26 Å². The van der Waals surface area contributed by atoms with Crippen molar-refractivity contribution >= 4 is 28.6 Å². The van der Waals surface area contributed by atoms with Gasteiger partial charge >= 0.3 is 0 Å². The van der Waals surface area contributed by atoms with Crippen LogP contribution in [-0.4, -0.2) is 7.11 Å². The molecular weight excluding hydrogens is 280 g/mol. The number of aryl methyl sites for hydroxylation is 1. The highest BCUT2D eigenvalue weighted by Gasteiger charge is 2.07. The van der Waals surface area contributed by atoms with Gasteiger partial charge in [0.1, 0.15) is 16.7 Å². The highest BCUT2D eigenvalue weighted by atomic mass is 35.5. The molecule has 0 unspecified atom stereocenters. The molecule has 19 heavy (non-hydrogen) atoms. The predicted molar refractivity (Wildman–Crippen MR) is 79.1 cm³/mol. The Morgan fingerprint density at radius 2 is 2.21 bits per heavy atom. The van der Waals surface area contributed by atoms with Crippen LogP contribution in [0, 0.1) is 18.3 Å². The van der Waals surface area contributed by atoms with Gasteiger partial charge in [0.05, 0.1) is 12.8 Å². The average molecular weight is 293 g/mol. The number of benzene rings is 1. The van der Waals surface area contributed by atoms with Gasteiger partial charge in [0.2, 0.25) is 0 Å². The van der Waals surface area contributed by atoms with E-state index in [0.717, 1.165) is 21.0 Å². The number of methoxy groups -OCH3 is 1. The first-order valence-corrected chi connectivity index (χ1v) is 6.90. The number of halogens is 1. The van der Waals surface area contributed by atoms with E-state index in [9.17, 15) is 0 Å². The third-order valence-electron chi connectivity index (χ3n) is 2.71. The van der Waals surface area contributed by atoms with Crippen molar-refractivity contribution in [2.45, 2.75) is 13.5 Å². The molecule has 0 aliphatic carbocycles. The van der Waals surface area contributed by atoms with Gasteiger partial charge in [-0.25, -0.2) is 0 Å². The van der Waals surface area contributed by atoms with Crippen LogP contribution in [0.4, 0.5) is 5.69 Å². The van der Waals surface area contributed by atoms with Crippen LogP contribution in [0.1, 0.15) is 15.3 Å². The fourth-order valence-electron chi connectivity index (χ4n) is 1.69. The quantitative estimate of drug-likeness (QED) is 0.918. The molecule has 1 heterocycles. The second kappa shape index (κ2) is 5.96. The van der Waals surface area contributed by atoms with Crippen molar-refractivity contribution in [1.29, 1.82) is 5.26 Å². The number of ether oxygens (including phenoxy) is 1. The normalized spacial score (nSPS) is 10.0. The van der Waals surface area contributed by atoms with E-state index in [1.54, 1.807) is 13.2 Å². The van der Waals surface area contributed by atoms with Crippen molar-refractivity contribution in [3.63, 3.8) is 0 Å². The second-order valence-electron chi connectivity index (χ2n) is 4.03. The number of rotatable bonds is 4. The summed E-state index contributed by atoms with van der Waals surface area (Å²) in [5.74, 6) is 0.715.